The fraction of sp³-hybridized carbons (Fsp3) is 0.900. The third kappa shape index (κ3) is 2.95. The zero-order valence-corrected chi connectivity index (χ0v) is 22.9. The molecule has 10 atom stereocenters. The third-order valence-electron chi connectivity index (χ3n) is 13.2. The van der Waals surface area contributed by atoms with E-state index in [1.54, 1.807) is 0 Å². The van der Waals surface area contributed by atoms with Gasteiger partial charge in [0.05, 0.1) is 17.6 Å². The van der Waals surface area contributed by atoms with Gasteiger partial charge in [0.15, 0.2) is 0 Å². The molecule has 198 valence electrons. The largest absolute Gasteiger partial charge is 0.481 e. The summed E-state index contributed by atoms with van der Waals surface area (Å²) in [5.74, 6) is -0.292. The van der Waals surface area contributed by atoms with E-state index < -0.39 is 40.5 Å². The van der Waals surface area contributed by atoms with Gasteiger partial charge in [-0.3, -0.25) is 4.79 Å². The summed E-state index contributed by atoms with van der Waals surface area (Å²) in [6, 6.07) is 0. The number of carboxylic acids is 1. The van der Waals surface area contributed by atoms with Gasteiger partial charge in [-0.2, -0.15) is 0 Å². The first-order chi connectivity index (χ1) is 16.0. The van der Waals surface area contributed by atoms with E-state index in [9.17, 15) is 25.2 Å². The minimum atomic E-state index is -1.16. The number of rotatable bonds is 1. The van der Waals surface area contributed by atoms with E-state index in [4.69, 9.17) is 0 Å². The van der Waals surface area contributed by atoms with Gasteiger partial charge in [-0.15, -0.1) is 0 Å². The van der Waals surface area contributed by atoms with Crippen LogP contribution in [-0.2, 0) is 4.79 Å². The van der Waals surface area contributed by atoms with Crippen molar-refractivity contribution in [1.82, 2.24) is 0 Å². The fourth-order valence-corrected chi connectivity index (χ4v) is 10.7. The Kier molecular flexibility index (Phi) is 5.40. The van der Waals surface area contributed by atoms with Crippen molar-refractivity contribution in [3.63, 3.8) is 0 Å². The van der Waals surface area contributed by atoms with Crippen LogP contribution in [0.15, 0.2) is 11.6 Å². The van der Waals surface area contributed by atoms with Gasteiger partial charge >= 0.3 is 5.97 Å². The van der Waals surface area contributed by atoms with E-state index in [1.165, 1.54) is 5.57 Å². The lowest BCUT2D eigenvalue weighted by Crippen LogP contribution is -2.72. The molecule has 4 N–H and O–H groups in total. The van der Waals surface area contributed by atoms with Crippen molar-refractivity contribution < 1.29 is 25.2 Å². The first kappa shape index (κ1) is 25.7. The van der Waals surface area contributed by atoms with E-state index in [-0.39, 0.29) is 34.0 Å². The highest BCUT2D eigenvalue weighted by Crippen LogP contribution is 2.75. The number of hydrogen-bond acceptors (Lipinski definition) is 4. The molecule has 5 aliphatic rings. The summed E-state index contributed by atoms with van der Waals surface area (Å²) in [6.45, 7) is 15.6. The molecule has 0 aromatic heterocycles. The van der Waals surface area contributed by atoms with Gasteiger partial charge < -0.3 is 20.4 Å². The minimum Gasteiger partial charge on any atom is -0.481 e. The molecule has 0 radical (unpaired) electrons. The van der Waals surface area contributed by atoms with Crippen LogP contribution < -0.4 is 0 Å². The molecule has 0 bridgehead atoms. The molecule has 35 heavy (non-hydrogen) atoms. The Bertz CT molecular complexity index is 952. The SMILES string of the molecule is CC1(C)CC[C@]2(C(=O)O)CC[C@]3(C)C(=CCC4[C@]5(C)C(CC[C@]43C)C(C)(C)[C@H](O)[C@H](O)[C@@H]5O)C2C1. The maximum atomic E-state index is 12.8. The summed E-state index contributed by atoms with van der Waals surface area (Å²) in [5.41, 5.74) is -0.402. The molecule has 0 aromatic carbocycles. The molecule has 5 nitrogen and oxygen atoms in total. The first-order valence-electron chi connectivity index (χ1n) is 14.0. The third-order valence-corrected chi connectivity index (χ3v) is 13.2. The van der Waals surface area contributed by atoms with Gasteiger partial charge in [-0.05, 0) is 90.8 Å². The summed E-state index contributed by atoms with van der Waals surface area (Å²) >= 11 is 0. The van der Waals surface area contributed by atoms with Crippen molar-refractivity contribution in [2.45, 2.75) is 118 Å². The molecule has 4 saturated carbocycles. The maximum absolute atomic E-state index is 12.8. The second-order valence-corrected chi connectivity index (χ2v) is 15.2. The molecule has 0 spiro atoms. The molecular weight excluding hydrogens is 440 g/mol. The van der Waals surface area contributed by atoms with Crippen molar-refractivity contribution in [2.75, 3.05) is 0 Å². The van der Waals surface area contributed by atoms with Gasteiger partial charge in [-0.25, -0.2) is 0 Å². The second kappa shape index (κ2) is 7.35. The number of hydrogen-bond donors (Lipinski definition) is 4. The highest BCUT2D eigenvalue weighted by molar-refractivity contribution is 5.76. The number of carboxylic acid groups (broad SMARTS) is 1. The molecule has 0 amide bonds. The van der Waals surface area contributed by atoms with Crippen LogP contribution in [0.5, 0.6) is 0 Å². The monoisotopic (exact) mass is 488 g/mol. The number of fused-ring (bicyclic) bond motifs is 7. The summed E-state index contributed by atoms with van der Waals surface area (Å²) in [5, 5.41) is 43.9. The van der Waals surface area contributed by atoms with E-state index in [1.807, 2.05) is 0 Å². The van der Waals surface area contributed by atoms with E-state index in [0.717, 1.165) is 51.4 Å². The zero-order valence-electron chi connectivity index (χ0n) is 22.9. The van der Waals surface area contributed by atoms with Crippen LogP contribution >= 0.6 is 0 Å². The second-order valence-electron chi connectivity index (χ2n) is 15.2. The molecule has 0 saturated heterocycles. The standard InChI is InChI=1S/C30H48O5/c1-25(2)12-14-30(24(34)35)15-13-27(5)17(18(30)16-25)8-9-20-28(27,6)11-10-19-26(3,4)22(32)21(31)23(33)29(19,20)7/h8,18-23,31-33H,9-16H2,1-7H3,(H,34,35)/t18?,19?,20?,21-,22+,23-,27+,28+,29-,30-/m0/s1. The van der Waals surface area contributed by atoms with Crippen LogP contribution in [0.3, 0.4) is 0 Å². The average Bonchev–Trinajstić information content (AvgIpc) is 2.76. The topological polar surface area (TPSA) is 98.0 Å². The summed E-state index contributed by atoms with van der Waals surface area (Å²) in [4.78, 5) is 12.8. The number of allylic oxidation sites excluding steroid dienone is 2. The van der Waals surface area contributed by atoms with Crippen molar-refractivity contribution in [1.29, 1.82) is 0 Å². The van der Waals surface area contributed by atoms with Crippen LogP contribution in [-0.4, -0.2) is 44.7 Å². The Morgan fingerprint density at radius 1 is 0.857 bits per heavy atom. The molecule has 5 aliphatic carbocycles. The van der Waals surface area contributed by atoms with Gasteiger partial charge in [0.2, 0.25) is 0 Å². The van der Waals surface area contributed by atoms with Crippen molar-refractivity contribution in [3.8, 4) is 0 Å². The maximum Gasteiger partial charge on any atom is 0.310 e. The zero-order chi connectivity index (χ0) is 26.0. The molecule has 0 heterocycles. The number of aliphatic hydroxyl groups is 3. The van der Waals surface area contributed by atoms with Crippen LogP contribution in [0.4, 0.5) is 0 Å². The molecule has 5 heteroatoms. The van der Waals surface area contributed by atoms with Crippen LogP contribution in [0.2, 0.25) is 0 Å². The smallest absolute Gasteiger partial charge is 0.310 e. The fourth-order valence-electron chi connectivity index (χ4n) is 10.7. The molecular formula is C30H48O5. The van der Waals surface area contributed by atoms with Crippen molar-refractivity contribution >= 4 is 5.97 Å². The Labute approximate surface area is 211 Å². The van der Waals surface area contributed by atoms with Crippen LogP contribution in [0, 0.1) is 50.2 Å². The van der Waals surface area contributed by atoms with Crippen molar-refractivity contribution in [2.24, 2.45) is 50.2 Å². The highest BCUT2D eigenvalue weighted by atomic mass is 16.4. The van der Waals surface area contributed by atoms with Gasteiger partial charge in [0.25, 0.3) is 0 Å². The first-order valence-corrected chi connectivity index (χ1v) is 14.0. The van der Waals surface area contributed by atoms with Crippen molar-refractivity contribution in [3.05, 3.63) is 11.6 Å². The summed E-state index contributed by atoms with van der Waals surface area (Å²) in [6.07, 6.45) is 6.22. The lowest BCUT2D eigenvalue weighted by atomic mass is 9.33. The molecule has 5 rings (SSSR count). The predicted molar refractivity (Wildman–Crippen MR) is 135 cm³/mol. The summed E-state index contributed by atoms with van der Waals surface area (Å²) < 4.78 is 0. The Morgan fingerprint density at radius 2 is 1.49 bits per heavy atom. The highest BCUT2D eigenvalue weighted by Gasteiger charge is 2.72. The van der Waals surface area contributed by atoms with E-state index in [0.29, 0.717) is 0 Å². The quantitative estimate of drug-likeness (QED) is 0.382. The Hall–Kier alpha value is -0.910. The number of carbonyl (C=O) groups is 1. The molecule has 0 aromatic rings. The number of aliphatic hydroxyl groups excluding tert-OH is 3. The lowest BCUT2D eigenvalue weighted by molar-refractivity contribution is -0.278. The van der Waals surface area contributed by atoms with Crippen LogP contribution in [0.1, 0.15) is 99.8 Å². The van der Waals surface area contributed by atoms with E-state index >= 15 is 0 Å². The normalized spacial score (nSPS) is 54.4. The van der Waals surface area contributed by atoms with Gasteiger partial charge in [-0.1, -0.05) is 60.1 Å². The van der Waals surface area contributed by atoms with Gasteiger partial charge in [0.1, 0.15) is 6.10 Å². The van der Waals surface area contributed by atoms with Crippen LogP contribution in [0.25, 0.3) is 0 Å². The average molecular weight is 489 g/mol. The lowest BCUT2D eigenvalue weighted by Gasteiger charge is -2.72. The summed E-state index contributed by atoms with van der Waals surface area (Å²) in [7, 11) is 0. The Balaban J connectivity index is 1.63. The number of aliphatic carboxylic acids is 1. The van der Waals surface area contributed by atoms with E-state index in [2.05, 4.69) is 54.5 Å². The van der Waals surface area contributed by atoms with Gasteiger partial charge in [0, 0.05) is 5.41 Å². The molecule has 4 fully saturated rings. The minimum absolute atomic E-state index is 0.0611. The molecule has 0 aliphatic heterocycles. The Morgan fingerprint density at radius 3 is 2.11 bits per heavy atom. The molecule has 3 unspecified atom stereocenters. The predicted octanol–water partition coefficient (Wildman–Crippen LogP) is 5.18.